The normalized spacial score (nSPS) is 17.0. The van der Waals surface area contributed by atoms with Gasteiger partial charge in [-0.15, -0.1) is 0 Å². The SMILES string of the molecule is Cc1cc(-c2ccccc2OC(C)C(C)[C@@H](C)Oc2ccccc2-c2cc(C)cc(-c3c4c(cc5c3CCCC5)CCCC4)c2O)c(O)c(-c2c3c(cc4c2CCCC4)CCCC3)c1. The number of hydrogen-bond acceptors (Lipinski definition) is 4. The molecule has 0 bridgehead atoms. The molecule has 4 nitrogen and oxygen atoms in total. The maximum atomic E-state index is 12.4. The van der Waals surface area contributed by atoms with Crippen LogP contribution in [0.25, 0.3) is 44.5 Å². The zero-order valence-corrected chi connectivity index (χ0v) is 38.8. The number of aromatic hydroxyl groups is 2. The number of hydrogen-bond donors (Lipinski definition) is 2. The lowest BCUT2D eigenvalue weighted by atomic mass is 9.76. The van der Waals surface area contributed by atoms with Crippen LogP contribution in [-0.4, -0.2) is 22.4 Å². The summed E-state index contributed by atoms with van der Waals surface area (Å²) in [6, 6.07) is 30.0. The van der Waals surface area contributed by atoms with Gasteiger partial charge in [0.1, 0.15) is 35.2 Å². The molecule has 4 heteroatoms. The van der Waals surface area contributed by atoms with Crippen LogP contribution in [0.1, 0.15) is 128 Å². The molecule has 2 unspecified atom stereocenters. The second-order valence-corrected chi connectivity index (χ2v) is 19.8. The van der Waals surface area contributed by atoms with Crippen molar-refractivity contribution in [2.75, 3.05) is 0 Å². The Morgan fingerprint density at radius 2 is 0.703 bits per heavy atom. The van der Waals surface area contributed by atoms with E-state index in [1.807, 2.05) is 36.4 Å². The van der Waals surface area contributed by atoms with Crippen LogP contribution >= 0.6 is 0 Å². The van der Waals surface area contributed by atoms with E-state index in [1.54, 1.807) is 0 Å². The van der Waals surface area contributed by atoms with Crippen LogP contribution in [-0.2, 0) is 51.4 Å². The minimum Gasteiger partial charge on any atom is -0.507 e. The molecule has 4 aliphatic rings. The zero-order valence-electron chi connectivity index (χ0n) is 38.8. The maximum Gasteiger partial charge on any atom is 0.131 e. The van der Waals surface area contributed by atoms with Crippen LogP contribution in [0.5, 0.6) is 23.0 Å². The Hall–Kier alpha value is -5.48. The van der Waals surface area contributed by atoms with E-state index in [-0.39, 0.29) is 18.1 Å². The molecule has 330 valence electrons. The summed E-state index contributed by atoms with van der Waals surface area (Å²) >= 11 is 0. The Morgan fingerprint density at radius 1 is 0.391 bits per heavy atom. The first kappa shape index (κ1) is 42.5. The minimum absolute atomic E-state index is 0.00539. The maximum absolute atomic E-state index is 12.4. The largest absolute Gasteiger partial charge is 0.507 e. The summed E-state index contributed by atoms with van der Waals surface area (Å²) in [4.78, 5) is 0. The fourth-order valence-electron chi connectivity index (χ4n) is 11.9. The van der Waals surface area contributed by atoms with Gasteiger partial charge in [0.25, 0.3) is 0 Å². The quantitative estimate of drug-likeness (QED) is 0.144. The summed E-state index contributed by atoms with van der Waals surface area (Å²) < 4.78 is 13.8. The monoisotopic (exact) mass is 850 g/mol. The highest BCUT2D eigenvalue weighted by atomic mass is 16.5. The Kier molecular flexibility index (Phi) is 11.8. The highest BCUT2D eigenvalue weighted by molar-refractivity contribution is 5.90. The van der Waals surface area contributed by atoms with Crippen LogP contribution in [0, 0.1) is 19.8 Å². The Balaban J connectivity index is 0.939. The van der Waals surface area contributed by atoms with E-state index in [1.165, 1.54) is 107 Å². The summed E-state index contributed by atoms with van der Waals surface area (Å²) in [6.07, 6.45) is 18.1. The third kappa shape index (κ3) is 7.90. The number of aryl methyl sites for hydroxylation is 6. The van der Waals surface area contributed by atoms with Gasteiger partial charge >= 0.3 is 0 Å². The molecule has 0 saturated carbocycles. The van der Waals surface area contributed by atoms with Gasteiger partial charge in [0.15, 0.2) is 0 Å². The smallest absolute Gasteiger partial charge is 0.131 e. The molecule has 6 aromatic carbocycles. The van der Waals surface area contributed by atoms with E-state index >= 15 is 0 Å². The highest BCUT2D eigenvalue weighted by Crippen LogP contribution is 2.50. The van der Waals surface area contributed by atoms with E-state index in [0.29, 0.717) is 11.5 Å². The van der Waals surface area contributed by atoms with E-state index in [9.17, 15) is 10.2 Å². The van der Waals surface area contributed by atoms with Crippen molar-refractivity contribution in [2.24, 2.45) is 5.92 Å². The first-order valence-electron chi connectivity index (χ1n) is 24.7. The molecule has 3 atom stereocenters. The van der Waals surface area contributed by atoms with Gasteiger partial charge in [-0.25, -0.2) is 0 Å². The van der Waals surface area contributed by atoms with Gasteiger partial charge in [0.2, 0.25) is 0 Å². The average Bonchev–Trinajstić information content (AvgIpc) is 3.31. The van der Waals surface area contributed by atoms with Crippen molar-refractivity contribution in [2.45, 2.75) is 150 Å². The van der Waals surface area contributed by atoms with Crippen molar-refractivity contribution in [1.29, 1.82) is 0 Å². The Labute approximate surface area is 381 Å². The first-order valence-corrected chi connectivity index (χ1v) is 24.7. The summed E-state index contributed by atoms with van der Waals surface area (Å²) in [5.74, 6) is 2.19. The van der Waals surface area contributed by atoms with Crippen molar-refractivity contribution < 1.29 is 19.7 Å². The Morgan fingerprint density at radius 3 is 1.06 bits per heavy atom. The molecule has 0 saturated heterocycles. The lowest BCUT2D eigenvalue weighted by Gasteiger charge is -2.30. The van der Waals surface area contributed by atoms with Crippen LogP contribution in [0.4, 0.5) is 0 Å². The molecular formula is C60H66O4. The standard InChI is InChI=1S/C60H66O4/c1-36-30-51(59(61)53(32-36)57-45-22-10-6-18-41(45)34-42-19-7-11-23-46(42)57)49-26-14-16-28-55(49)63-39(4)38(3)40(5)64-56-29-17-15-27-50(56)52-31-37(2)33-54(60(52)62)58-47-24-12-8-20-43(47)35-44-21-9-13-25-48(44)58/h14-17,26-35,38-40,61-62H,6-13,18-25H2,1-5H3/t38?,39-,40?/m1/s1. The molecule has 4 aliphatic carbocycles. The van der Waals surface area contributed by atoms with Gasteiger partial charge in [-0.1, -0.05) is 55.5 Å². The van der Waals surface area contributed by atoms with Crippen molar-refractivity contribution in [3.8, 4) is 67.5 Å². The zero-order chi connectivity index (χ0) is 44.1. The van der Waals surface area contributed by atoms with Crippen molar-refractivity contribution in [1.82, 2.24) is 0 Å². The van der Waals surface area contributed by atoms with Crippen LogP contribution in [0.15, 0.2) is 84.9 Å². The highest BCUT2D eigenvalue weighted by Gasteiger charge is 2.30. The third-order valence-corrected chi connectivity index (χ3v) is 15.5. The molecular weight excluding hydrogens is 785 g/mol. The number of ether oxygens (including phenoxy) is 2. The molecule has 10 rings (SSSR count). The predicted octanol–water partition coefficient (Wildman–Crippen LogP) is 14.8. The van der Waals surface area contributed by atoms with E-state index < -0.39 is 0 Å². The van der Waals surface area contributed by atoms with Gasteiger partial charge in [0.05, 0.1) is 0 Å². The molecule has 0 aliphatic heterocycles. The number of rotatable bonds is 10. The number of benzene rings is 6. The second kappa shape index (κ2) is 17.8. The van der Waals surface area contributed by atoms with Gasteiger partial charge in [-0.05, 0) is 234 Å². The fraction of sp³-hybridized carbons (Fsp3) is 0.400. The molecule has 0 radical (unpaired) electrons. The van der Waals surface area contributed by atoms with Crippen LogP contribution in [0.2, 0.25) is 0 Å². The van der Waals surface area contributed by atoms with E-state index in [4.69, 9.17) is 9.47 Å². The number of phenols is 2. The molecule has 0 fully saturated rings. The fourth-order valence-corrected chi connectivity index (χ4v) is 11.9. The van der Waals surface area contributed by atoms with Crippen LogP contribution < -0.4 is 9.47 Å². The molecule has 0 aromatic heterocycles. The predicted molar refractivity (Wildman–Crippen MR) is 263 cm³/mol. The first-order chi connectivity index (χ1) is 31.1. The van der Waals surface area contributed by atoms with E-state index in [0.717, 1.165) is 107 Å². The minimum atomic E-state index is -0.211. The lowest BCUT2D eigenvalue weighted by molar-refractivity contribution is 0.0706. The van der Waals surface area contributed by atoms with Gasteiger partial charge in [-0.3, -0.25) is 0 Å². The third-order valence-electron chi connectivity index (χ3n) is 15.5. The Bertz CT molecular complexity index is 2480. The molecule has 64 heavy (non-hydrogen) atoms. The molecule has 0 spiro atoms. The number of fused-ring (bicyclic) bond motifs is 4. The molecule has 0 amide bonds. The average molecular weight is 851 g/mol. The van der Waals surface area contributed by atoms with Gasteiger partial charge in [0, 0.05) is 39.3 Å². The van der Waals surface area contributed by atoms with Crippen molar-refractivity contribution in [3.63, 3.8) is 0 Å². The summed E-state index contributed by atoms with van der Waals surface area (Å²) in [7, 11) is 0. The summed E-state index contributed by atoms with van der Waals surface area (Å²) in [5, 5.41) is 24.8. The molecule has 2 N–H and O–H groups in total. The number of para-hydroxylation sites is 2. The van der Waals surface area contributed by atoms with Crippen LogP contribution in [0.3, 0.4) is 0 Å². The van der Waals surface area contributed by atoms with Crippen molar-refractivity contribution >= 4 is 0 Å². The number of phenolic OH excluding ortho intramolecular Hbond substituents is 2. The topological polar surface area (TPSA) is 58.9 Å². The lowest BCUT2D eigenvalue weighted by Crippen LogP contribution is -2.33. The van der Waals surface area contributed by atoms with Gasteiger partial charge < -0.3 is 19.7 Å². The van der Waals surface area contributed by atoms with Gasteiger partial charge in [-0.2, -0.15) is 0 Å². The van der Waals surface area contributed by atoms with Crippen molar-refractivity contribution in [3.05, 3.63) is 141 Å². The summed E-state index contributed by atoms with van der Waals surface area (Å²) in [6.45, 7) is 10.7. The molecule has 0 heterocycles. The van der Waals surface area contributed by atoms with E-state index in [2.05, 4.69) is 83.1 Å². The summed E-state index contributed by atoms with van der Waals surface area (Å²) in [5.41, 5.74) is 22.0. The molecule has 6 aromatic rings. The second-order valence-electron chi connectivity index (χ2n) is 19.8.